The van der Waals surface area contributed by atoms with Gasteiger partial charge < -0.3 is 47.7 Å². The number of ether oxygens (including phenoxy) is 2. The second-order valence-corrected chi connectivity index (χ2v) is 8.84. The van der Waals surface area contributed by atoms with Crippen molar-refractivity contribution in [1.29, 1.82) is 0 Å². The van der Waals surface area contributed by atoms with Crippen LogP contribution in [0, 0.1) is 5.92 Å². The molecule has 2 rings (SSSR count). The van der Waals surface area contributed by atoms with Gasteiger partial charge in [-0.1, -0.05) is 7.60 Å². The molecular formula is C12H16N4O9P2-4. The van der Waals surface area contributed by atoms with Gasteiger partial charge >= 0.3 is 0 Å². The van der Waals surface area contributed by atoms with Crippen molar-refractivity contribution in [2.45, 2.75) is 6.54 Å². The highest BCUT2D eigenvalue weighted by Gasteiger charge is 2.15. The highest BCUT2D eigenvalue weighted by atomic mass is 31.2. The van der Waals surface area contributed by atoms with E-state index >= 15 is 0 Å². The Balaban J connectivity index is 2.03. The number of imidazole rings is 1. The molecule has 0 aliphatic carbocycles. The Kier molecular flexibility index (Phi) is 7.43. The van der Waals surface area contributed by atoms with Crippen LogP contribution in [-0.4, -0.2) is 51.8 Å². The number of H-pyrrole nitrogens is 1. The van der Waals surface area contributed by atoms with Crippen LogP contribution in [0.5, 0.6) is 0 Å². The van der Waals surface area contributed by atoms with Gasteiger partial charge in [0.15, 0.2) is 11.2 Å². The molecule has 1 atom stereocenters. The first kappa shape index (κ1) is 21.9. The minimum atomic E-state index is -4.85. The van der Waals surface area contributed by atoms with Crippen LogP contribution in [0.4, 0.5) is 0 Å². The SMILES string of the molecule is O=c1[nH]cnc2c1ncn2CC(COCCP(=O)([O-])[O-])COCP(=O)([O-])[O-]. The van der Waals surface area contributed by atoms with Crippen molar-refractivity contribution in [3.05, 3.63) is 23.0 Å². The monoisotopic (exact) mass is 422 g/mol. The van der Waals surface area contributed by atoms with Gasteiger partial charge in [0.1, 0.15) is 0 Å². The first-order valence-electron chi connectivity index (χ1n) is 7.61. The van der Waals surface area contributed by atoms with E-state index in [9.17, 15) is 33.5 Å². The number of aromatic nitrogens is 4. The Bertz CT molecular complexity index is 902. The summed E-state index contributed by atoms with van der Waals surface area (Å²) in [5.41, 5.74) is -0.0749. The fraction of sp³-hybridized carbons (Fsp3) is 0.583. The summed E-state index contributed by atoms with van der Waals surface area (Å²) in [7, 11) is -9.55. The maximum Gasteiger partial charge on any atom is 0.278 e. The molecule has 0 aromatic carbocycles. The van der Waals surface area contributed by atoms with E-state index in [0.29, 0.717) is 0 Å². The zero-order valence-electron chi connectivity index (χ0n) is 13.9. The van der Waals surface area contributed by atoms with Crippen molar-refractivity contribution in [2.24, 2.45) is 5.92 Å². The molecule has 152 valence electrons. The lowest BCUT2D eigenvalue weighted by atomic mass is 10.2. The summed E-state index contributed by atoms with van der Waals surface area (Å²) < 4.78 is 32.8. The Labute approximate surface area is 152 Å². The number of fused-ring (bicyclic) bond motifs is 1. The topological polar surface area (TPSA) is 208 Å². The van der Waals surface area contributed by atoms with Crippen LogP contribution in [0.3, 0.4) is 0 Å². The summed E-state index contributed by atoms with van der Waals surface area (Å²) in [5.74, 6) is -0.535. The lowest BCUT2D eigenvalue weighted by Gasteiger charge is -2.30. The highest BCUT2D eigenvalue weighted by Crippen LogP contribution is 2.23. The minimum Gasteiger partial charge on any atom is -0.811 e. The average Bonchev–Trinajstić information content (AvgIpc) is 2.93. The Morgan fingerprint density at radius 3 is 2.48 bits per heavy atom. The molecule has 1 unspecified atom stereocenters. The molecule has 0 amide bonds. The highest BCUT2D eigenvalue weighted by molar-refractivity contribution is 7.48. The fourth-order valence-electron chi connectivity index (χ4n) is 2.21. The fourth-order valence-corrected chi connectivity index (χ4v) is 2.90. The Hall–Kier alpha value is -1.43. The van der Waals surface area contributed by atoms with Gasteiger partial charge in [-0.25, -0.2) is 9.97 Å². The van der Waals surface area contributed by atoms with Crippen LogP contribution in [0.2, 0.25) is 0 Å². The van der Waals surface area contributed by atoms with Crippen molar-refractivity contribution < 1.29 is 38.2 Å². The van der Waals surface area contributed by atoms with E-state index < -0.39 is 39.2 Å². The normalized spacial score (nSPS) is 13.9. The van der Waals surface area contributed by atoms with Crippen molar-refractivity contribution in [2.75, 3.05) is 32.3 Å². The van der Waals surface area contributed by atoms with E-state index in [1.165, 1.54) is 17.2 Å². The van der Waals surface area contributed by atoms with Gasteiger partial charge in [-0.05, 0) is 13.8 Å². The summed E-state index contributed by atoms with van der Waals surface area (Å²) in [6.07, 6.45) is 0.829. The molecule has 0 bridgehead atoms. The van der Waals surface area contributed by atoms with Crippen LogP contribution in [0.15, 0.2) is 17.4 Å². The molecule has 0 saturated heterocycles. The third-order valence-electron chi connectivity index (χ3n) is 3.33. The lowest BCUT2D eigenvalue weighted by Crippen LogP contribution is -2.26. The second kappa shape index (κ2) is 9.18. The smallest absolute Gasteiger partial charge is 0.278 e. The molecule has 0 radical (unpaired) electrons. The molecule has 0 aliphatic rings. The van der Waals surface area contributed by atoms with E-state index in [1.807, 2.05) is 0 Å². The van der Waals surface area contributed by atoms with E-state index in [0.717, 1.165) is 0 Å². The van der Waals surface area contributed by atoms with Gasteiger partial charge in [0, 0.05) is 12.5 Å². The van der Waals surface area contributed by atoms with Crippen molar-refractivity contribution >= 4 is 26.4 Å². The minimum absolute atomic E-state index is 0.0924. The van der Waals surface area contributed by atoms with E-state index in [4.69, 9.17) is 9.47 Å². The van der Waals surface area contributed by atoms with Gasteiger partial charge in [-0.15, -0.1) is 0 Å². The number of nitrogens with zero attached hydrogens (tertiary/aromatic N) is 3. The molecule has 0 spiro atoms. The van der Waals surface area contributed by atoms with Crippen LogP contribution < -0.4 is 25.1 Å². The quantitative estimate of drug-likeness (QED) is 0.278. The molecule has 2 heterocycles. The number of hydrogen-bond donors (Lipinski definition) is 1. The summed E-state index contributed by atoms with van der Waals surface area (Å²) in [4.78, 5) is 64.5. The third-order valence-corrected chi connectivity index (χ3v) is 4.56. The molecule has 2 aromatic rings. The van der Waals surface area contributed by atoms with Crippen LogP contribution >= 0.6 is 15.2 Å². The van der Waals surface area contributed by atoms with Crippen LogP contribution in [-0.2, 0) is 25.1 Å². The molecule has 13 nitrogen and oxygen atoms in total. The van der Waals surface area contributed by atoms with Crippen LogP contribution in [0.1, 0.15) is 0 Å². The second-order valence-electron chi connectivity index (χ2n) is 5.69. The standard InChI is InChI=1S/C12H20N4O9P2/c17-12-10-11(13-6-14-12)16(7-15-10)3-9(5-25-8-27(21,22)23)4-24-1-2-26(18,19)20/h6-7,9H,1-5,8H2,(H,13,14,17)(H2,18,19,20)(H2,21,22,23)/p-4. The lowest BCUT2D eigenvalue weighted by molar-refractivity contribution is -0.319. The molecule has 0 fully saturated rings. The maximum atomic E-state index is 11.7. The molecular weight excluding hydrogens is 406 g/mol. The van der Waals surface area contributed by atoms with Crippen molar-refractivity contribution in [1.82, 2.24) is 19.5 Å². The molecule has 15 heteroatoms. The van der Waals surface area contributed by atoms with Crippen LogP contribution in [0.25, 0.3) is 11.2 Å². The zero-order valence-corrected chi connectivity index (χ0v) is 15.7. The van der Waals surface area contributed by atoms with Gasteiger partial charge in [0.25, 0.3) is 5.56 Å². The van der Waals surface area contributed by atoms with E-state index in [2.05, 4.69) is 15.0 Å². The first-order valence-corrected chi connectivity index (χ1v) is 11.1. The van der Waals surface area contributed by atoms with Gasteiger partial charge in [0.05, 0.1) is 38.8 Å². The number of nitrogens with one attached hydrogen (secondary N) is 1. The zero-order chi connectivity index (χ0) is 20.1. The van der Waals surface area contributed by atoms with Gasteiger partial charge in [-0.2, -0.15) is 0 Å². The maximum absolute atomic E-state index is 11.7. The van der Waals surface area contributed by atoms with Gasteiger partial charge in [0.2, 0.25) is 0 Å². The molecule has 1 N–H and O–H groups in total. The number of hydrogen-bond acceptors (Lipinski definition) is 11. The van der Waals surface area contributed by atoms with Crippen molar-refractivity contribution in [3.63, 3.8) is 0 Å². The third kappa shape index (κ3) is 7.60. The summed E-state index contributed by atoms with van der Waals surface area (Å²) in [6.45, 7) is -0.513. The molecule has 0 aliphatic heterocycles. The Morgan fingerprint density at radius 1 is 1.11 bits per heavy atom. The van der Waals surface area contributed by atoms with Gasteiger partial charge in [-0.3, -0.25) is 4.79 Å². The largest absolute Gasteiger partial charge is 0.811 e. The number of aromatic amines is 1. The summed E-state index contributed by atoms with van der Waals surface area (Å²) in [6, 6.07) is 0. The molecule has 0 saturated carbocycles. The molecule has 2 aromatic heterocycles. The number of rotatable bonds is 11. The van der Waals surface area contributed by atoms with E-state index in [-0.39, 0.29) is 37.5 Å². The van der Waals surface area contributed by atoms with Crippen molar-refractivity contribution in [3.8, 4) is 0 Å². The summed E-state index contributed by atoms with van der Waals surface area (Å²) in [5, 5.41) is 0. The predicted octanol–water partition coefficient (Wildman–Crippen LogP) is -3.45. The predicted molar refractivity (Wildman–Crippen MR) is 83.4 cm³/mol. The summed E-state index contributed by atoms with van der Waals surface area (Å²) >= 11 is 0. The average molecular weight is 422 g/mol. The molecule has 27 heavy (non-hydrogen) atoms. The van der Waals surface area contributed by atoms with E-state index in [1.54, 1.807) is 0 Å². The Morgan fingerprint density at radius 2 is 1.81 bits per heavy atom. The first-order chi connectivity index (χ1) is 12.6.